The van der Waals surface area contributed by atoms with Crippen molar-refractivity contribution in [3.05, 3.63) is 36.9 Å². The number of allylic oxidation sites excluding steroid dienone is 1. The molecule has 0 N–H and O–H groups in total. The average molecular weight is 346 g/mol. The van der Waals surface area contributed by atoms with Crippen LogP contribution in [0.25, 0.3) is 11.4 Å². The monoisotopic (exact) mass is 346 g/mol. The van der Waals surface area contributed by atoms with Gasteiger partial charge in [-0.2, -0.15) is 0 Å². The van der Waals surface area contributed by atoms with Gasteiger partial charge in [0.1, 0.15) is 5.75 Å². The minimum Gasteiger partial charge on any atom is -0.496 e. The van der Waals surface area contributed by atoms with Crippen LogP contribution in [0.15, 0.2) is 42.1 Å². The lowest BCUT2D eigenvalue weighted by atomic mass is 10.2. The van der Waals surface area contributed by atoms with E-state index in [0.29, 0.717) is 17.5 Å². The quantitative estimate of drug-likeness (QED) is 0.570. The summed E-state index contributed by atoms with van der Waals surface area (Å²) in [5, 5.41) is 9.01. The van der Waals surface area contributed by atoms with Crippen LogP contribution in [-0.4, -0.2) is 52.0 Å². The molecule has 0 unspecified atom stereocenters. The van der Waals surface area contributed by atoms with E-state index in [1.165, 1.54) is 11.8 Å². The number of amides is 1. The lowest BCUT2D eigenvalue weighted by Crippen LogP contribution is -2.29. The molecule has 24 heavy (non-hydrogen) atoms. The number of methoxy groups -OCH3 is 1. The number of benzene rings is 1. The molecule has 2 rings (SSSR count). The molecule has 0 aliphatic rings. The molecule has 0 bridgehead atoms. The standard InChI is InChI=1S/C17H22N4O2S/c1-6-11-21-15(13-9-7-8-10-14(13)23-5)18-19-17(21)24-12(2)16(22)20(3)4/h6-10,12H,1,11H2,2-5H3/t12-/m1/s1. The first-order chi connectivity index (χ1) is 11.5. The van der Waals surface area contributed by atoms with Crippen LogP contribution in [0.3, 0.4) is 0 Å². The molecule has 0 spiro atoms. The molecule has 0 aliphatic heterocycles. The van der Waals surface area contributed by atoms with Crippen molar-refractivity contribution in [3.8, 4) is 17.1 Å². The number of carbonyl (C=O) groups is 1. The number of rotatable bonds is 7. The summed E-state index contributed by atoms with van der Waals surface area (Å²) < 4.78 is 7.36. The molecular formula is C17H22N4O2S. The van der Waals surface area contributed by atoms with Gasteiger partial charge in [-0.3, -0.25) is 9.36 Å². The first-order valence-electron chi connectivity index (χ1n) is 7.54. The zero-order chi connectivity index (χ0) is 17.7. The molecular weight excluding hydrogens is 324 g/mol. The van der Waals surface area contributed by atoms with Crippen LogP contribution in [0, 0.1) is 0 Å². The van der Waals surface area contributed by atoms with Crippen LogP contribution >= 0.6 is 11.8 Å². The molecule has 1 amide bonds. The molecule has 0 saturated carbocycles. The summed E-state index contributed by atoms with van der Waals surface area (Å²) in [4.78, 5) is 13.7. The smallest absolute Gasteiger partial charge is 0.235 e. The van der Waals surface area contributed by atoms with Crippen LogP contribution in [0.2, 0.25) is 0 Å². The molecule has 0 aliphatic carbocycles. The van der Waals surface area contributed by atoms with Crippen LogP contribution in [0.1, 0.15) is 6.92 Å². The highest BCUT2D eigenvalue weighted by molar-refractivity contribution is 8.00. The van der Waals surface area contributed by atoms with E-state index in [9.17, 15) is 4.79 Å². The summed E-state index contributed by atoms with van der Waals surface area (Å²) in [5.74, 6) is 1.45. The predicted molar refractivity (Wildman–Crippen MR) is 96.2 cm³/mol. The number of nitrogens with zero attached hydrogens (tertiary/aromatic N) is 4. The van der Waals surface area contributed by atoms with Crippen molar-refractivity contribution in [2.75, 3.05) is 21.2 Å². The average Bonchev–Trinajstić information content (AvgIpc) is 2.96. The van der Waals surface area contributed by atoms with Gasteiger partial charge in [0.15, 0.2) is 11.0 Å². The molecule has 2 aromatic rings. The molecule has 1 aromatic heterocycles. The van der Waals surface area contributed by atoms with Crippen LogP contribution < -0.4 is 4.74 Å². The van der Waals surface area contributed by atoms with Gasteiger partial charge in [-0.25, -0.2) is 0 Å². The van der Waals surface area contributed by atoms with Gasteiger partial charge in [-0.15, -0.1) is 16.8 Å². The second kappa shape index (κ2) is 8.01. The van der Waals surface area contributed by atoms with E-state index in [4.69, 9.17) is 4.74 Å². The van der Waals surface area contributed by atoms with E-state index in [-0.39, 0.29) is 11.2 Å². The highest BCUT2D eigenvalue weighted by atomic mass is 32.2. The second-order valence-corrected chi connectivity index (χ2v) is 6.71. The molecule has 128 valence electrons. The Labute approximate surface area is 146 Å². The Hall–Kier alpha value is -2.28. The van der Waals surface area contributed by atoms with Gasteiger partial charge in [0.2, 0.25) is 5.91 Å². The van der Waals surface area contributed by atoms with Crippen molar-refractivity contribution in [2.24, 2.45) is 0 Å². The van der Waals surface area contributed by atoms with Crippen molar-refractivity contribution in [3.63, 3.8) is 0 Å². The van der Waals surface area contributed by atoms with Crippen molar-refractivity contribution in [1.29, 1.82) is 0 Å². The van der Waals surface area contributed by atoms with E-state index < -0.39 is 0 Å². The lowest BCUT2D eigenvalue weighted by Gasteiger charge is -2.16. The van der Waals surface area contributed by atoms with Gasteiger partial charge in [-0.05, 0) is 19.1 Å². The third-order valence-corrected chi connectivity index (χ3v) is 4.52. The Morgan fingerprint density at radius 3 is 2.75 bits per heavy atom. The molecule has 6 nitrogen and oxygen atoms in total. The Balaban J connectivity index is 2.40. The zero-order valence-electron chi connectivity index (χ0n) is 14.4. The molecule has 7 heteroatoms. The van der Waals surface area contributed by atoms with Crippen molar-refractivity contribution >= 4 is 17.7 Å². The summed E-state index contributed by atoms with van der Waals surface area (Å²) in [6.45, 7) is 6.22. The Morgan fingerprint density at radius 1 is 1.42 bits per heavy atom. The lowest BCUT2D eigenvalue weighted by molar-refractivity contribution is -0.127. The third-order valence-electron chi connectivity index (χ3n) is 3.45. The topological polar surface area (TPSA) is 60.2 Å². The molecule has 0 radical (unpaired) electrons. The number of carbonyl (C=O) groups excluding carboxylic acids is 1. The normalized spacial score (nSPS) is 11.8. The number of hydrogen-bond acceptors (Lipinski definition) is 5. The van der Waals surface area contributed by atoms with Crippen LogP contribution in [0.4, 0.5) is 0 Å². The summed E-state index contributed by atoms with van der Waals surface area (Å²) in [7, 11) is 5.11. The second-order valence-electron chi connectivity index (χ2n) is 5.40. The number of hydrogen-bond donors (Lipinski definition) is 0. The van der Waals surface area contributed by atoms with E-state index in [2.05, 4.69) is 16.8 Å². The van der Waals surface area contributed by atoms with Gasteiger partial charge in [0, 0.05) is 20.6 Å². The van der Waals surface area contributed by atoms with E-state index >= 15 is 0 Å². The van der Waals surface area contributed by atoms with Crippen molar-refractivity contribution in [1.82, 2.24) is 19.7 Å². The van der Waals surface area contributed by atoms with Gasteiger partial charge in [-0.1, -0.05) is 30.0 Å². The maximum absolute atomic E-state index is 12.1. The number of para-hydroxylation sites is 1. The fourth-order valence-electron chi connectivity index (χ4n) is 2.27. The van der Waals surface area contributed by atoms with Gasteiger partial charge >= 0.3 is 0 Å². The van der Waals surface area contributed by atoms with Gasteiger partial charge in [0.25, 0.3) is 0 Å². The first-order valence-corrected chi connectivity index (χ1v) is 8.42. The predicted octanol–water partition coefficient (Wildman–Crippen LogP) is 2.71. The third kappa shape index (κ3) is 3.79. The molecule has 0 fully saturated rings. The Kier molecular flexibility index (Phi) is 6.03. The largest absolute Gasteiger partial charge is 0.496 e. The maximum atomic E-state index is 12.1. The fourth-order valence-corrected chi connectivity index (χ4v) is 3.27. The number of aromatic nitrogens is 3. The molecule has 1 aromatic carbocycles. The molecule has 1 atom stereocenters. The van der Waals surface area contributed by atoms with Crippen LogP contribution in [-0.2, 0) is 11.3 Å². The Bertz CT molecular complexity index is 727. The summed E-state index contributed by atoms with van der Waals surface area (Å²) in [6.07, 6.45) is 1.78. The first kappa shape index (κ1) is 18.1. The summed E-state index contributed by atoms with van der Waals surface area (Å²) >= 11 is 1.39. The van der Waals surface area contributed by atoms with Crippen LogP contribution in [0.5, 0.6) is 5.75 Å². The van der Waals surface area contributed by atoms with Gasteiger partial charge < -0.3 is 9.64 Å². The van der Waals surface area contributed by atoms with E-state index in [1.54, 1.807) is 32.2 Å². The molecule has 0 saturated heterocycles. The highest BCUT2D eigenvalue weighted by Crippen LogP contribution is 2.32. The fraction of sp³-hybridized carbons (Fsp3) is 0.353. The summed E-state index contributed by atoms with van der Waals surface area (Å²) in [6, 6.07) is 7.65. The van der Waals surface area contributed by atoms with E-state index in [0.717, 1.165) is 11.3 Å². The molecule has 1 heterocycles. The zero-order valence-corrected chi connectivity index (χ0v) is 15.2. The maximum Gasteiger partial charge on any atom is 0.235 e. The van der Waals surface area contributed by atoms with E-state index in [1.807, 2.05) is 35.8 Å². The minimum absolute atomic E-state index is 0.0343. The Morgan fingerprint density at radius 2 is 2.12 bits per heavy atom. The SMILES string of the molecule is C=CCn1c(S[C@H](C)C(=O)N(C)C)nnc1-c1ccccc1OC. The van der Waals surface area contributed by atoms with Crippen molar-refractivity contribution in [2.45, 2.75) is 23.9 Å². The summed E-state index contributed by atoms with van der Waals surface area (Å²) in [5.41, 5.74) is 0.854. The van der Waals surface area contributed by atoms with Gasteiger partial charge in [0.05, 0.1) is 17.9 Å². The minimum atomic E-state index is -0.252. The highest BCUT2D eigenvalue weighted by Gasteiger charge is 2.22. The number of thioether (sulfide) groups is 1. The number of ether oxygens (including phenoxy) is 1. The van der Waals surface area contributed by atoms with Crippen molar-refractivity contribution < 1.29 is 9.53 Å².